The summed E-state index contributed by atoms with van der Waals surface area (Å²) in [6.07, 6.45) is 0. The predicted molar refractivity (Wildman–Crippen MR) is 61.4 cm³/mol. The van der Waals surface area contributed by atoms with Crippen LogP contribution < -0.4 is 11.1 Å². The lowest BCUT2D eigenvalue weighted by molar-refractivity contribution is -0.118. The minimum Gasteiger partial charge on any atom is -0.464 e. The quantitative estimate of drug-likeness (QED) is 0.704. The van der Waals surface area contributed by atoms with Gasteiger partial charge in [0.2, 0.25) is 5.91 Å². The van der Waals surface area contributed by atoms with Gasteiger partial charge in [-0.1, -0.05) is 0 Å². The minimum absolute atomic E-state index is 0.104. The summed E-state index contributed by atoms with van der Waals surface area (Å²) >= 11 is 0. The molecule has 1 rings (SSSR count). The number of imidazole rings is 1. The number of carbonyl (C=O) groups excluding carboxylic acids is 2. The molecule has 3 N–H and O–H groups in total. The third-order valence-electron chi connectivity index (χ3n) is 2.29. The molecule has 0 aliphatic carbocycles. The Morgan fingerprint density at radius 3 is 2.71 bits per heavy atom. The number of rotatable bonds is 4. The topological polar surface area (TPSA) is 99.2 Å². The Labute approximate surface area is 99.0 Å². The number of nitrogens with two attached hydrogens (primary N) is 1. The molecule has 7 heteroatoms. The number of carbonyl (C=O) groups is 2. The Balaban J connectivity index is 2.82. The third kappa shape index (κ3) is 2.96. The molecule has 94 valence electrons. The zero-order valence-electron chi connectivity index (χ0n) is 10.1. The Morgan fingerprint density at radius 1 is 1.53 bits per heavy atom. The molecule has 1 heterocycles. The van der Waals surface area contributed by atoms with Gasteiger partial charge >= 0.3 is 5.97 Å². The van der Waals surface area contributed by atoms with E-state index in [0.29, 0.717) is 18.9 Å². The number of nitrogens with zero attached hydrogens (tertiary/aromatic N) is 2. The van der Waals surface area contributed by atoms with Crippen LogP contribution in [-0.2, 0) is 16.1 Å². The van der Waals surface area contributed by atoms with E-state index in [9.17, 15) is 9.59 Å². The summed E-state index contributed by atoms with van der Waals surface area (Å²) in [4.78, 5) is 26.1. The lowest BCUT2D eigenvalue weighted by Crippen LogP contribution is -2.25. The maximum absolute atomic E-state index is 11.3. The number of hydrogen-bond donors (Lipinski definition) is 2. The minimum atomic E-state index is -0.566. The molecule has 1 aromatic rings. The van der Waals surface area contributed by atoms with Crippen molar-refractivity contribution in [2.75, 3.05) is 19.4 Å². The van der Waals surface area contributed by atoms with Gasteiger partial charge in [-0.2, -0.15) is 0 Å². The summed E-state index contributed by atoms with van der Waals surface area (Å²) in [5.41, 5.74) is 5.89. The molecule has 0 aromatic carbocycles. The van der Waals surface area contributed by atoms with Gasteiger partial charge in [-0.05, 0) is 6.92 Å². The maximum Gasteiger partial charge on any atom is 0.360 e. The van der Waals surface area contributed by atoms with Crippen molar-refractivity contribution >= 4 is 17.7 Å². The summed E-state index contributed by atoms with van der Waals surface area (Å²) in [6, 6.07) is 0. The van der Waals surface area contributed by atoms with E-state index in [0.717, 1.165) is 0 Å². The van der Waals surface area contributed by atoms with Gasteiger partial charge in [0.25, 0.3) is 0 Å². The van der Waals surface area contributed by atoms with Crippen molar-refractivity contribution in [1.29, 1.82) is 0 Å². The van der Waals surface area contributed by atoms with Crippen LogP contribution in [0.2, 0.25) is 0 Å². The average molecular weight is 240 g/mol. The summed E-state index contributed by atoms with van der Waals surface area (Å²) in [5, 5.41) is 2.64. The van der Waals surface area contributed by atoms with Crippen LogP contribution in [0.3, 0.4) is 0 Å². The number of nitrogens with one attached hydrogen (secondary N) is 1. The highest BCUT2D eigenvalue weighted by atomic mass is 16.5. The molecule has 0 saturated carbocycles. The second kappa shape index (κ2) is 5.33. The molecule has 0 saturated heterocycles. The molecule has 17 heavy (non-hydrogen) atoms. The van der Waals surface area contributed by atoms with Crippen molar-refractivity contribution in [2.45, 2.75) is 20.4 Å². The number of hydrogen-bond acceptors (Lipinski definition) is 5. The van der Waals surface area contributed by atoms with Crippen molar-refractivity contribution < 1.29 is 14.3 Å². The molecule has 0 bridgehead atoms. The number of aryl methyl sites for hydroxylation is 1. The second-order valence-electron chi connectivity index (χ2n) is 3.52. The van der Waals surface area contributed by atoms with Crippen LogP contribution in [-0.4, -0.2) is 35.1 Å². The third-order valence-corrected chi connectivity index (χ3v) is 2.29. The molecular formula is C10H16N4O3. The molecule has 0 radical (unpaired) electrons. The van der Waals surface area contributed by atoms with E-state index < -0.39 is 5.97 Å². The fourth-order valence-electron chi connectivity index (χ4n) is 1.45. The number of ether oxygens (including phenoxy) is 1. The number of esters is 1. The molecule has 7 nitrogen and oxygen atoms in total. The van der Waals surface area contributed by atoms with E-state index in [1.165, 1.54) is 14.0 Å². The first-order chi connectivity index (χ1) is 7.97. The maximum atomic E-state index is 11.3. The lowest BCUT2D eigenvalue weighted by atomic mass is 10.4. The molecule has 0 fully saturated rings. The molecule has 0 spiro atoms. The Kier molecular flexibility index (Phi) is 4.08. The highest BCUT2D eigenvalue weighted by Crippen LogP contribution is 2.14. The normalized spacial score (nSPS) is 10.1. The zero-order chi connectivity index (χ0) is 13.0. The van der Waals surface area contributed by atoms with Gasteiger partial charge in [0.05, 0.1) is 7.11 Å². The smallest absolute Gasteiger partial charge is 0.360 e. The Hall–Kier alpha value is -2.05. The van der Waals surface area contributed by atoms with Crippen molar-refractivity contribution in [2.24, 2.45) is 0 Å². The van der Waals surface area contributed by atoms with E-state index in [1.54, 1.807) is 11.5 Å². The van der Waals surface area contributed by atoms with Crippen LogP contribution in [0.25, 0.3) is 0 Å². The fraction of sp³-hybridized carbons (Fsp3) is 0.500. The lowest BCUT2D eigenvalue weighted by Gasteiger charge is -2.07. The molecule has 1 amide bonds. The summed E-state index contributed by atoms with van der Waals surface area (Å²) in [6.45, 7) is 4.05. The number of aromatic nitrogens is 2. The van der Waals surface area contributed by atoms with Gasteiger partial charge in [0, 0.05) is 20.0 Å². The van der Waals surface area contributed by atoms with E-state index in [4.69, 9.17) is 5.73 Å². The number of amides is 1. The SMILES string of the molecule is COC(=O)c1nc(C)n(CCNC(C)=O)c1N. The molecule has 1 aromatic heterocycles. The van der Waals surface area contributed by atoms with Crippen LogP contribution in [0.1, 0.15) is 23.2 Å². The first-order valence-electron chi connectivity index (χ1n) is 5.12. The van der Waals surface area contributed by atoms with Crippen molar-refractivity contribution in [3.63, 3.8) is 0 Å². The first kappa shape index (κ1) is 13.0. The van der Waals surface area contributed by atoms with Crippen LogP contribution in [0, 0.1) is 6.92 Å². The van der Waals surface area contributed by atoms with Gasteiger partial charge in [-0.15, -0.1) is 0 Å². The highest BCUT2D eigenvalue weighted by Gasteiger charge is 2.18. The van der Waals surface area contributed by atoms with Crippen molar-refractivity contribution in [1.82, 2.24) is 14.9 Å². The molecule has 0 aliphatic rings. The van der Waals surface area contributed by atoms with Gasteiger partial charge in [0.1, 0.15) is 11.6 Å². The molecule has 0 atom stereocenters. The monoisotopic (exact) mass is 240 g/mol. The van der Waals surface area contributed by atoms with E-state index >= 15 is 0 Å². The largest absolute Gasteiger partial charge is 0.464 e. The van der Waals surface area contributed by atoms with Gasteiger partial charge < -0.3 is 20.4 Å². The molecule has 0 aliphatic heterocycles. The van der Waals surface area contributed by atoms with Crippen LogP contribution in [0.15, 0.2) is 0 Å². The van der Waals surface area contributed by atoms with Crippen molar-refractivity contribution in [3.05, 3.63) is 11.5 Å². The summed E-state index contributed by atoms with van der Waals surface area (Å²) in [7, 11) is 1.27. The fourth-order valence-corrected chi connectivity index (χ4v) is 1.45. The number of nitrogen functional groups attached to an aromatic ring is 1. The summed E-state index contributed by atoms with van der Waals surface area (Å²) in [5.74, 6) is 0.173. The van der Waals surface area contributed by atoms with E-state index in [1.807, 2.05) is 0 Å². The molecule has 0 unspecified atom stereocenters. The average Bonchev–Trinajstić information content (AvgIpc) is 2.55. The number of anilines is 1. The van der Waals surface area contributed by atoms with Crippen molar-refractivity contribution in [3.8, 4) is 0 Å². The predicted octanol–water partition coefficient (Wildman–Crippen LogP) is -0.304. The van der Waals surface area contributed by atoms with Crippen LogP contribution in [0.5, 0.6) is 0 Å². The van der Waals surface area contributed by atoms with Gasteiger partial charge in [0.15, 0.2) is 5.69 Å². The van der Waals surface area contributed by atoms with Crippen LogP contribution in [0.4, 0.5) is 5.82 Å². The second-order valence-corrected chi connectivity index (χ2v) is 3.52. The summed E-state index contributed by atoms with van der Waals surface area (Å²) < 4.78 is 6.22. The first-order valence-corrected chi connectivity index (χ1v) is 5.12. The Bertz CT molecular complexity index is 439. The number of methoxy groups -OCH3 is 1. The van der Waals surface area contributed by atoms with E-state index in [2.05, 4.69) is 15.0 Å². The van der Waals surface area contributed by atoms with Gasteiger partial charge in [-0.3, -0.25) is 4.79 Å². The van der Waals surface area contributed by atoms with E-state index in [-0.39, 0.29) is 17.4 Å². The zero-order valence-corrected chi connectivity index (χ0v) is 10.1. The standard InChI is InChI=1S/C10H16N4O3/c1-6-13-8(10(16)17-3)9(11)14(6)5-4-12-7(2)15/h4-5,11H2,1-3H3,(H,12,15). The Morgan fingerprint density at radius 2 is 2.18 bits per heavy atom. The highest BCUT2D eigenvalue weighted by molar-refractivity contribution is 5.92. The molecular weight excluding hydrogens is 224 g/mol. The van der Waals surface area contributed by atoms with Crippen LogP contribution >= 0.6 is 0 Å². The van der Waals surface area contributed by atoms with Gasteiger partial charge in [-0.25, -0.2) is 9.78 Å².